The van der Waals surface area contributed by atoms with E-state index in [2.05, 4.69) is 24.5 Å². The van der Waals surface area contributed by atoms with E-state index in [1.807, 2.05) is 31.2 Å². The van der Waals surface area contributed by atoms with Crippen LogP contribution in [0.2, 0.25) is 0 Å². The molecule has 0 saturated heterocycles. The lowest BCUT2D eigenvalue weighted by Crippen LogP contribution is -2.33. The number of carbonyl (C=O) groups excluding carboxylic acids is 1. The molecular formula is C16H24N2O3. The zero-order chi connectivity index (χ0) is 15.8. The lowest BCUT2D eigenvalue weighted by Gasteiger charge is -2.14. The van der Waals surface area contributed by atoms with Gasteiger partial charge in [0, 0.05) is 18.7 Å². The molecule has 0 aromatic heterocycles. The number of hydrogen-bond donors (Lipinski definition) is 3. The van der Waals surface area contributed by atoms with Gasteiger partial charge in [0.2, 0.25) is 0 Å². The van der Waals surface area contributed by atoms with Gasteiger partial charge < -0.3 is 15.7 Å². The fourth-order valence-electron chi connectivity index (χ4n) is 1.97. The number of urea groups is 1. The molecule has 2 amide bonds. The first-order valence-electron chi connectivity index (χ1n) is 7.29. The molecule has 0 spiro atoms. The number of hydrogen-bond acceptors (Lipinski definition) is 2. The zero-order valence-corrected chi connectivity index (χ0v) is 12.8. The third-order valence-corrected chi connectivity index (χ3v) is 3.43. The fourth-order valence-corrected chi connectivity index (χ4v) is 1.97. The van der Waals surface area contributed by atoms with Crippen LogP contribution in [0.15, 0.2) is 24.3 Å². The van der Waals surface area contributed by atoms with Gasteiger partial charge in [0.05, 0.1) is 0 Å². The predicted molar refractivity (Wildman–Crippen MR) is 83.6 cm³/mol. The van der Waals surface area contributed by atoms with E-state index >= 15 is 0 Å². The number of rotatable bonds is 7. The van der Waals surface area contributed by atoms with Crippen LogP contribution in [0.25, 0.3) is 0 Å². The van der Waals surface area contributed by atoms with Crippen LogP contribution in [0, 0.1) is 5.92 Å². The van der Waals surface area contributed by atoms with Crippen molar-refractivity contribution in [3.63, 3.8) is 0 Å². The molecule has 0 aliphatic heterocycles. The van der Waals surface area contributed by atoms with Crippen LogP contribution in [-0.2, 0) is 4.79 Å². The molecule has 1 aromatic carbocycles. The Labute approximate surface area is 125 Å². The van der Waals surface area contributed by atoms with E-state index in [9.17, 15) is 9.59 Å². The van der Waals surface area contributed by atoms with Crippen molar-refractivity contribution in [1.29, 1.82) is 0 Å². The fraction of sp³-hybridized carbons (Fsp3) is 0.500. The number of carbonyl (C=O) groups is 2. The van der Waals surface area contributed by atoms with Crippen LogP contribution in [0.5, 0.6) is 0 Å². The minimum absolute atomic E-state index is 0.0448. The van der Waals surface area contributed by atoms with E-state index in [1.54, 1.807) is 0 Å². The average Bonchev–Trinajstić information content (AvgIpc) is 2.43. The quantitative estimate of drug-likeness (QED) is 0.720. The van der Waals surface area contributed by atoms with Gasteiger partial charge in [-0.1, -0.05) is 39.3 Å². The van der Waals surface area contributed by atoms with Crippen molar-refractivity contribution in [1.82, 2.24) is 5.32 Å². The highest BCUT2D eigenvalue weighted by Gasteiger charge is 2.12. The molecule has 1 rings (SSSR count). The van der Waals surface area contributed by atoms with Gasteiger partial charge in [-0.05, 0) is 29.5 Å². The van der Waals surface area contributed by atoms with Crippen LogP contribution in [-0.4, -0.2) is 23.7 Å². The highest BCUT2D eigenvalue weighted by molar-refractivity contribution is 5.89. The first-order valence-corrected chi connectivity index (χ1v) is 7.29. The number of carboxylic acids is 1. The number of anilines is 1. The summed E-state index contributed by atoms with van der Waals surface area (Å²) in [6, 6.07) is 7.39. The van der Waals surface area contributed by atoms with Crippen molar-refractivity contribution in [2.24, 2.45) is 5.92 Å². The Balaban J connectivity index is 2.44. The molecule has 1 aromatic rings. The van der Waals surface area contributed by atoms with Gasteiger partial charge in [-0.25, -0.2) is 4.79 Å². The van der Waals surface area contributed by atoms with Crippen molar-refractivity contribution in [2.45, 2.75) is 39.5 Å². The maximum absolute atomic E-state index is 11.8. The third kappa shape index (κ3) is 6.29. The second-order valence-corrected chi connectivity index (χ2v) is 5.48. The molecule has 0 saturated carbocycles. The lowest BCUT2D eigenvalue weighted by atomic mass is 10.0. The third-order valence-electron chi connectivity index (χ3n) is 3.43. The summed E-state index contributed by atoms with van der Waals surface area (Å²) in [5.74, 6) is -0.431. The number of aliphatic carboxylic acids is 1. The zero-order valence-electron chi connectivity index (χ0n) is 12.8. The molecule has 0 heterocycles. The van der Waals surface area contributed by atoms with Crippen LogP contribution >= 0.6 is 0 Å². The van der Waals surface area contributed by atoms with Gasteiger partial charge in [0.25, 0.3) is 0 Å². The molecule has 5 nitrogen and oxygen atoms in total. The van der Waals surface area contributed by atoms with E-state index in [1.165, 1.54) is 5.56 Å². The number of benzene rings is 1. The Morgan fingerprint density at radius 3 is 2.29 bits per heavy atom. The molecule has 3 N–H and O–H groups in total. The van der Waals surface area contributed by atoms with Gasteiger partial charge in [-0.2, -0.15) is 0 Å². The van der Waals surface area contributed by atoms with Gasteiger partial charge in [0.15, 0.2) is 0 Å². The monoisotopic (exact) mass is 292 g/mol. The largest absolute Gasteiger partial charge is 0.481 e. The Kier molecular flexibility index (Phi) is 6.72. The van der Waals surface area contributed by atoms with Crippen molar-refractivity contribution in [2.75, 3.05) is 11.9 Å². The molecule has 0 bridgehead atoms. The second-order valence-electron chi connectivity index (χ2n) is 5.48. The normalized spacial score (nSPS) is 12.0. The summed E-state index contributed by atoms with van der Waals surface area (Å²) in [5.41, 5.74) is 1.94. The Morgan fingerprint density at radius 1 is 1.19 bits per heavy atom. The number of carboxylic acid groups (broad SMARTS) is 1. The van der Waals surface area contributed by atoms with E-state index in [4.69, 9.17) is 5.11 Å². The van der Waals surface area contributed by atoms with Crippen molar-refractivity contribution < 1.29 is 14.7 Å². The van der Waals surface area contributed by atoms with Gasteiger partial charge >= 0.3 is 12.0 Å². The summed E-state index contributed by atoms with van der Waals surface area (Å²) in [7, 11) is 0. The molecule has 1 atom stereocenters. The predicted octanol–water partition coefficient (Wildman–Crippen LogP) is 3.43. The summed E-state index contributed by atoms with van der Waals surface area (Å²) >= 11 is 0. The molecule has 0 aliphatic carbocycles. The van der Waals surface area contributed by atoms with E-state index in [-0.39, 0.29) is 18.4 Å². The molecule has 0 aliphatic rings. The van der Waals surface area contributed by atoms with Crippen molar-refractivity contribution >= 4 is 17.7 Å². The minimum atomic E-state index is -0.840. The van der Waals surface area contributed by atoms with E-state index in [0.29, 0.717) is 12.5 Å². The van der Waals surface area contributed by atoms with Gasteiger partial charge in [-0.3, -0.25) is 4.79 Å². The standard InChI is InChI=1S/C16H24N2O3/c1-4-12(9-15(19)20)10-17-16(21)18-14-7-5-13(6-8-14)11(2)3/h5-8,11-12H,4,9-10H2,1-3H3,(H,19,20)(H2,17,18,21). The smallest absolute Gasteiger partial charge is 0.319 e. The highest BCUT2D eigenvalue weighted by Crippen LogP contribution is 2.17. The summed E-state index contributed by atoms with van der Waals surface area (Å²) in [6.45, 7) is 6.50. The maximum atomic E-state index is 11.8. The summed E-state index contributed by atoms with van der Waals surface area (Å²) in [4.78, 5) is 22.4. The van der Waals surface area contributed by atoms with Crippen molar-refractivity contribution in [3.8, 4) is 0 Å². The summed E-state index contributed by atoms with van der Waals surface area (Å²) < 4.78 is 0. The molecule has 5 heteroatoms. The lowest BCUT2D eigenvalue weighted by molar-refractivity contribution is -0.138. The molecule has 0 fully saturated rings. The first-order chi connectivity index (χ1) is 9.92. The van der Waals surface area contributed by atoms with Crippen LogP contribution < -0.4 is 10.6 Å². The average molecular weight is 292 g/mol. The SMILES string of the molecule is CCC(CNC(=O)Nc1ccc(C(C)C)cc1)CC(=O)O. The van der Waals surface area contributed by atoms with Crippen LogP contribution in [0.4, 0.5) is 10.5 Å². The molecule has 0 radical (unpaired) electrons. The Morgan fingerprint density at radius 2 is 1.81 bits per heavy atom. The van der Waals surface area contributed by atoms with E-state index < -0.39 is 5.97 Å². The topological polar surface area (TPSA) is 78.4 Å². The number of nitrogens with one attached hydrogen (secondary N) is 2. The summed E-state index contributed by atoms with van der Waals surface area (Å²) in [6.07, 6.45) is 0.787. The second kappa shape index (κ2) is 8.29. The Bertz CT molecular complexity index is 469. The maximum Gasteiger partial charge on any atom is 0.319 e. The van der Waals surface area contributed by atoms with E-state index in [0.717, 1.165) is 12.1 Å². The number of amides is 2. The molecular weight excluding hydrogens is 268 g/mol. The highest BCUT2D eigenvalue weighted by atomic mass is 16.4. The summed E-state index contributed by atoms with van der Waals surface area (Å²) in [5, 5.41) is 14.2. The molecule has 116 valence electrons. The first kappa shape index (κ1) is 17.0. The molecule has 1 unspecified atom stereocenters. The van der Waals surface area contributed by atoms with Crippen LogP contribution in [0.1, 0.15) is 45.1 Å². The van der Waals surface area contributed by atoms with Crippen molar-refractivity contribution in [3.05, 3.63) is 29.8 Å². The Hall–Kier alpha value is -2.04. The minimum Gasteiger partial charge on any atom is -0.481 e. The molecule has 21 heavy (non-hydrogen) atoms. The van der Waals surface area contributed by atoms with Gasteiger partial charge in [-0.15, -0.1) is 0 Å². The van der Waals surface area contributed by atoms with Crippen LogP contribution in [0.3, 0.4) is 0 Å². The van der Waals surface area contributed by atoms with Gasteiger partial charge in [0.1, 0.15) is 0 Å².